The molecule has 1 heterocycles. The molecule has 0 unspecified atom stereocenters. The lowest BCUT2D eigenvalue weighted by molar-refractivity contribution is 0.0988. The number of Topliss-reactive ketones (excluding diaryl/α,β-unsaturated/α-hetero) is 1. The maximum absolute atomic E-state index is 13.3. The van der Waals surface area contributed by atoms with Gasteiger partial charge in [-0.2, -0.15) is 0 Å². The number of rotatable bonds is 6. The molecular weight excluding hydrogens is 385 g/mol. The molecule has 2 aromatic carbocycles. The summed E-state index contributed by atoms with van der Waals surface area (Å²) >= 11 is 3.38. The Bertz CT molecular complexity index is 884. The maximum Gasteiger partial charge on any atom is 0.171 e. The second-order valence-corrected chi connectivity index (χ2v) is 6.44. The zero-order chi connectivity index (χ0) is 17.6. The molecule has 0 amide bonds. The highest BCUT2D eigenvalue weighted by Gasteiger charge is 2.15. The Labute approximate surface area is 153 Å². The van der Waals surface area contributed by atoms with Gasteiger partial charge in [0.15, 0.2) is 5.78 Å². The Morgan fingerprint density at radius 3 is 2.60 bits per heavy atom. The second kappa shape index (κ2) is 8.03. The van der Waals surface area contributed by atoms with Crippen LogP contribution in [-0.4, -0.2) is 10.8 Å². The summed E-state index contributed by atoms with van der Waals surface area (Å²) in [4.78, 5) is 16.4. The van der Waals surface area contributed by atoms with Gasteiger partial charge >= 0.3 is 0 Å². The van der Waals surface area contributed by atoms with E-state index in [0.29, 0.717) is 23.5 Å². The molecule has 5 heteroatoms. The summed E-state index contributed by atoms with van der Waals surface area (Å²) in [5, 5.41) is 0. The van der Waals surface area contributed by atoms with E-state index >= 15 is 0 Å². The van der Waals surface area contributed by atoms with Gasteiger partial charge in [0.25, 0.3) is 0 Å². The fraction of sp³-hybridized carbons (Fsp3) is 0.100. The van der Waals surface area contributed by atoms with Gasteiger partial charge in [0.05, 0.1) is 11.8 Å². The molecule has 0 atom stereocenters. The summed E-state index contributed by atoms with van der Waals surface area (Å²) in [5.74, 6) is -0.113. The smallest absolute Gasteiger partial charge is 0.171 e. The standard InChI is InChI=1S/C20H15BrFNO2/c21-16-6-7-20(25-13-14-4-2-1-3-5-14)18(10-16)19(24)9-15-8-17(22)12-23-11-15/h1-8,10-12H,9,13H2. The summed E-state index contributed by atoms with van der Waals surface area (Å²) in [6.45, 7) is 0.365. The van der Waals surface area contributed by atoms with Crippen molar-refractivity contribution in [2.24, 2.45) is 0 Å². The minimum Gasteiger partial charge on any atom is -0.488 e. The fourth-order valence-electron chi connectivity index (χ4n) is 2.41. The number of pyridine rings is 1. The molecule has 0 spiro atoms. The molecule has 0 radical (unpaired) electrons. The van der Waals surface area contributed by atoms with E-state index < -0.39 is 5.82 Å². The van der Waals surface area contributed by atoms with Gasteiger partial charge in [-0.3, -0.25) is 9.78 Å². The lowest BCUT2D eigenvalue weighted by Gasteiger charge is -2.12. The monoisotopic (exact) mass is 399 g/mol. The predicted octanol–water partition coefficient (Wildman–Crippen LogP) is 4.99. The van der Waals surface area contributed by atoms with Crippen LogP contribution in [0.1, 0.15) is 21.5 Å². The van der Waals surface area contributed by atoms with Crippen LogP contribution in [0.2, 0.25) is 0 Å². The SMILES string of the molecule is O=C(Cc1cncc(F)c1)c1cc(Br)ccc1OCc1ccccc1. The molecule has 3 nitrogen and oxygen atoms in total. The molecule has 0 saturated heterocycles. The first-order valence-corrected chi connectivity index (χ1v) is 8.50. The first kappa shape index (κ1) is 17.3. The number of ether oxygens (including phenoxy) is 1. The van der Waals surface area contributed by atoms with E-state index in [-0.39, 0.29) is 12.2 Å². The predicted molar refractivity (Wildman–Crippen MR) is 97.1 cm³/mol. The maximum atomic E-state index is 13.3. The highest BCUT2D eigenvalue weighted by Crippen LogP contribution is 2.25. The molecule has 0 fully saturated rings. The third-order valence-corrected chi connectivity index (χ3v) is 4.10. The number of nitrogens with zero attached hydrogens (tertiary/aromatic N) is 1. The van der Waals surface area contributed by atoms with Crippen LogP contribution in [0.25, 0.3) is 0 Å². The highest BCUT2D eigenvalue weighted by atomic mass is 79.9. The van der Waals surface area contributed by atoms with E-state index in [0.717, 1.165) is 16.2 Å². The molecular formula is C20H15BrFNO2. The highest BCUT2D eigenvalue weighted by molar-refractivity contribution is 9.10. The number of hydrogen-bond acceptors (Lipinski definition) is 3. The van der Waals surface area contributed by atoms with E-state index in [4.69, 9.17) is 4.74 Å². The van der Waals surface area contributed by atoms with Crippen molar-refractivity contribution in [2.45, 2.75) is 13.0 Å². The van der Waals surface area contributed by atoms with Gasteiger partial charge in [0, 0.05) is 17.1 Å². The number of carbonyl (C=O) groups is 1. The molecule has 0 bridgehead atoms. The summed E-state index contributed by atoms with van der Waals surface area (Å²) in [7, 11) is 0. The van der Waals surface area contributed by atoms with Crippen molar-refractivity contribution in [1.29, 1.82) is 0 Å². The van der Waals surface area contributed by atoms with Crippen molar-refractivity contribution in [1.82, 2.24) is 4.98 Å². The van der Waals surface area contributed by atoms with E-state index in [1.165, 1.54) is 12.3 Å². The third kappa shape index (κ3) is 4.73. The summed E-state index contributed by atoms with van der Waals surface area (Å²) < 4.78 is 19.9. The van der Waals surface area contributed by atoms with Crippen molar-refractivity contribution in [3.63, 3.8) is 0 Å². The Balaban J connectivity index is 1.79. The number of halogens is 2. The van der Waals surface area contributed by atoms with E-state index in [2.05, 4.69) is 20.9 Å². The summed E-state index contributed by atoms with van der Waals surface area (Å²) in [5.41, 5.74) is 1.99. The number of benzene rings is 2. The van der Waals surface area contributed by atoms with Crippen molar-refractivity contribution in [3.05, 3.63) is 94.0 Å². The molecule has 0 aliphatic heterocycles. The van der Waals surface area contributed by atoms with Crippen LogP contribution < -0.4 is 4.74 Å². The normalized spacial score (nSPS) is 10.5. The molecule has 25 heavy (non-hydrogen) atoms. The van der Waals surface area contributed by atoms with Crippen molar-refractivity contribution in [2.75, 3.05) is 0 Å². The van der Waals surface area contributed by atoms with Gasteiger partial charge < -0.3 is 4.74 Å². The van der Waals surface area contributed by atoms with E-state index in [1.54, 1.807) is 12.1 Å². The molecule has 126 valence electrons. The number of hydrogen-bond donors (Lipinski definition) is 0. The zero-order valence-corrected chi connectivity index (χ0v) is 14.9. The van der Waals surface area contributed by atoms with Gasteiger partial charge in [-0.1, -0.05) is 46.3 Å². The van der Waals surface area contributed by atoms with Crippen LogP contribution in [0.5, 0.6) is 5.75 Å². The average Bonchev–Trinajstić information content (AvgIpc) is 2.61. The number of ketones is 1. The molecule has 3 rings (SSSR count). The third-order valence-electron chi connectivity index (χ3n) is 3.61. The van der Waals surface area contributed by atoms with Crippen LogP contribution in [0.4, 0.5) is 4.39 Å². The van der Waals surface area contributed by atoms with Crippen LogP contribution in [0.15, 0.2) is 71.5 Å². The molecule has 1 aromatic heterocycles. The Morgan fingerprint density at radius 1 is 1.04 bits per heavy atom. The van der Waals surface area contributed by atoms with Crippen LogP contribution in [0, 0.1) is 5.82 Å². The van der Waals surface area contributed by atoms with Crippen LogP contribution in [-0.2, 0) is 13.0 Å². The average molecular weight is 400 g/mol. The van der Waals surface area contributed by atoms with E-state index in [1.807, 2.05) is 36.4 Å². The number of aromatic nitrogens is 1. The Kier molecular flexibility index (Phi) is 5.56. The van der Waals surface area contributed by atoms with Crippen molar-refractivity contribution in [3.8, 4) is 5.75 Å². The van der Waals surface area contributed by atoms with Gasteiger partial charge in [0.1, 0.15) is 18.2 Å². The Morgan fingerprint density at radius 2 is 1.84 bits per heavy atom. The van der Waals surface area contributed by atoms with Gasteiger partial charge in [-0.05, 0) is 35.4 Å². The lowest BCUT2D eigenvalue weighted by Crippen LogP contribution is -2.08. The second-order valence-electron chi connectivity index (χ2n) is 5.53. The first-order chi connectivity index (χ1) is 12.1. The topological polar surface area (TPSA) is 39.2 Å². The van der Waals surface area contributed by atoms with Gasteiger partial charge in [-0.25, -0.2) is 4.39 Å². The van der Waals surface area contributed by atoms with Crippen molar-refractivity contribution >= 4 is 21.7 Å². The van der Waals surface area contributed by atoms with Gasteiger partial charge in [-0.15, -0.1) is 0 Å². The molecule has 0 aliphatic rings. The molecule has 0 aliphatic carbocycles. The minimum absolute atomic E-state index is 0.0584. The minimum atomic E-state index is -0.458. The van der Waals surface area contributed by atoms with Gasteiger partial charge in [0.2, 0.25) is 0 Å². The van der Waals surface area contributed by atoms with E-state index in [9.17, 15) is 9.18 Å². The van der Waals surface area contributed by atoms with Crippen LogP contribution in [0.3, 0.4) is 0 Å². The van der Waals surface area contributed by atoms with Crippen molar-refractivity contribution < 1.29 is 13.9 Å². The number of carbonyl (C=O) groups excluding carboxylic acids is 1. The zero-order valence-electron chi connectivity index (χ0n) is 13.3. The summed E-state index contributed by atoms with van der Waals surface area (Å²) in [6.07, 6.45) is 2.66. The summed E-state index contributed by atoms with van der Waals surface area (Å²) in [6, 6.07) is 16.3. The Hall–Kier alpha value is -2.53. The fourth-order valence-corrected chi connectivity index (χ4v) is 2.78. The lowest BCUT2D eigenvalue weighted by atomic mass is 10.0. The molecule has 3 aromatic rings. The first-order valence-electron chi connectivity index (χ1n) is 7.71. The van der Waals surface area contributed by atoms with Crippen LogP contribution >= 0.6 is 15.9 Å². The molecule has 0 N–H and O–H groups in total. The quantitative estimate of drug-likeness (QED) is 0.548. The molecule has 0 saturated carbocycles. The largest absolute Gasteiger partial charge is 0.488 e.